The molecule has 0 saturated carbocycles. The second kappa shape index (κ2) is 12.0. The summed E-state index contributed by atoms with van der Waals surface area (Å²) in [4.78, 5) is 32.9. The quantitative estimate of drug-likeness (QED) is 0.588. The Morgan fingerprint density at radius 2 is 1.77 bits per heavy atom. The minimum Gasteiger partial charge on any atom is -0.341 e. The fourth-order valence-corrected chi connectivity index (χ4v) is 4.88. The number of piperazine rings is 1. The van der Waals surface area contributed by atoms with Crippen LogP contribution in [-0.2, 0) is 9.59 Å². The molecule has 2 saturated heterocycles. The van der Waals surface area contributed by atoms with Crippen LogP contribution in [0.3, 0.4) is 0 Å². The van der Waals surface area contributed by atoms with Crippen LogP contribution >= 0.6 is 0 Å². The van der Waals surface area contributed by atoms with Crippen LogP contribution in [0.2, 0.25) is 0 Å². The highest BCUT2D eigenvalue weighted by molar-refractivity contribution is 5.90. The number of nitrogens with zero attached hydrogens (tertiary/aromatic N) is 3. The zero-order valence-corrected chi connectivity index (χ0v) is 20.3. The van der Waals surface area contributed by atoms with Crippen LogP contribution in [-0.4, -0.2) is 85.4 Å². The molecule has 0 aromatic rings. The maximum absolute atomic E-state index is 13.5. The summed E-state index contributed by atoms with van der Waals surface area (Å²) in [5, 5.41) is 3.37. The molecular weight excluding hydrogens is 376 g/mol. The zero-order valence-electron chi connectivity index (χ0n) is 20.3. The van der Waals surface area contributed by atoms with Crippen molar-refractivity contribution >= 4 is 11.8 Å². The Labute approximate surface area is 184 Å². The van der Waals surface area contributed by atoms with Crippen molar-refractivity contribution in [3.05, 3.63) is 0 Å². The van der Waals surface area contributed by atoms with Crippen molar-refractivity contribution in [3.63, 3.8) is 0 Å². The topological polar surface area (TPSA) is 55.9 Å². The highest BCUT2D eigenvalue weighted by Gasteiger charge is 2.39. The number of nitrogens with one attached hydrogen (secondary N) is 1. The molecule has 2 fully saturated rings. The van der Waals surface area contributed by atoms with Gasteiger partial charge in [-0.05, 0) is 76.9 Å². The molecule has 1 N–H and O–H groups in total. The normalized spacial score (nSPS) is 22.4. The molecule has 2 amide bonds. The van der Waals surface area contributed by atoms with Crippen LogP contribution < -0.4 is 5.32 Å². The van der Waals surface area contributed by atoms with Gasteiger partial charge in [0.1, 0.15) is 6.04 Å². The van der Waals surface area contributed by atoms with Gasteiger partial charge in [0.05, 0.1) is 6.04 Å². The van der Waals surface area contributed by atoms with Crippen LogP contribution in [0.1, 0.15) is 66.2 Å². The smallest absolute Gasteiger partial charge is 0.245 e. The number of piperidine rings is 1. The third kappa shape index (κ3) is 7.52. The first-order chi connectivity index (χ1) is 14.2. The first kappa shape index (κ1) is 25.1. The number of rotatable bonds is 10. The predicted octanol–water partition coefficient (Wildman–Crippen LogP) is 2.83. The van der Waals surface area contributed by atoms with Crippen LogP contribution in [0, 0.1) is 17.8 Å². The van der Waals surface area contributed by atoms with E-state index in [0.29, 0.717) is 18.4 Å². The molecule has 6 heteroatoms. The van der Waals surface area contributed by atoms with Gasteiger partial charge in [-0.15, -0.1) is 0 Å². The van der Waals surface area contributed by atoms with E-state index in [2.05, 4.69) is 52.0 Å². The lowest BCUT2D eigenvalue weighted by molar-refractivity contribution is -0.150. The summed E-state index contributed by atoms with van der Waals surface area (Å²) in [6.45, 7) is 12.8. The van der Waals surface area contributed by atoms with Gasteiger partial charge in [-0.2, -0.15) is 0 Å². The summed E-state index contributed by atoms with van der Waals surface area (Å²) in [5.74, 6) is 1.86. The monoisotopic (exact) mass is 422 g/mol. The molecule has 0 bridgehead atoms. The number of likely N-dealkylation sites (tertiary alicyclic amines) is 1. The molecule has 0 unspecified atom stereocenters. The van der Waals surface area contributed by atoms with Crippen molar-refractivity contribution in [1.29, 1.82) is 0 Å². The predicted molar refractivity (Wildman–Crippen MR) is 123 cm³/mol. The van der Waals surface area contributed by atoms with Crippen molar-refractivity contribution in [2.45, 2.75) is 78.3 Å². The Kier molecular flexibility index (Phi) is 10.1. The van der Waals surface area contributed by atoms with Gasteiger partial charge in [-0.1, -0.05) is 27.7 Å². The first-order valence-corrected chi connectivity index (χ1v) is 12.2. The molecule has 6 nitrogen and oxygen atoms in total. The van der Waals surface area contributed by atoms with E-state index in [1.807, 2.05) is 9.80 Å². The van der Waals surface area contributed by atoms with Gasteiger partial charge >= 0.3 is 0 Å². The summed E-state index contributed by atoms with van der Waals surface area (Å²) < 4.78 is 0. The lowest BCUT2D eigenvalue weighted by Gasteiger charge is -2.42. The van der Waals surface area contributed by atoms with E-state index < -0.39 is 0 Å². The summed E-state index contributed by atoms with van der Waals surface area (Å²) in [6.07, 6.45) is 6.26. The van der Waals surface area contributed by atoms with Crippen LogP contribution in [0.25, 0.3) is 0 Å². The molecule has 0 spiro atoms. The van der Waals surface area contributed by atoms with Gasteiger partial charge in [-0.25, -0.2) is 0 Å². The largest absolute Gasteiger partial charge is 0.341 e. The highest BCUT2D eigenvalue weighted by Crippen LogP contribution is 2.25. The van der Waals surface area contributed by atoms with Gasteiger partial charge in [0.25, 0.3) is 0 Å². The van der Waals surface area contributed by atoms with Crippen molar-refractivity contribution in [1.82, 2.24) is 20.0 Å². The maximum Gasteiger partial charge on any atom is 0.245 e. The van der Waals surface area contributed by atoms with Crippen LogP contribution in [0.4, 0.5) is 0 Å². The number of carbonyl (C=O) groups is 2. The average Bonchev–Trinajstić information content (AvgIpc) is 2.67. The summed E-state index contributed by atoms with van der Waals surface area (Å²) in [7, 11) is 4.25. The molecular formula is C24H46N4O2. The van der Waals surface area contributed by atoms with Crippen LogP contribution in [0.5, 0.6) is 0 Å². The van der Waals surface area contributed by atoms with Crippen molar-refractivity contribution in [2.24, 2.45) is 17.8 Å². The summed E-state index contributed by atoms with van der Waals surface area (Å²) >= 11 is 0. The first-order valence-electron chi connectivity index (χ1n) is 12.2. The molecule has 0 radical (unpaired) electrons. The Hall–Kier alpha value is -1.14. The van der Waals surface area contributed by atoms with E-state index >= 15 is 0 Å². The van der Waals surface area contributed by atoms with Gasteiger partial charge in [-0.3, -0.25) is 9.59 Å². The Bertz CT molecular complexity index is 541. The zero-order chi connectivity index (χ0) is 22.3. The van der Waals surface area contributed by atoms with Crippen molar-refractivity contribution in [3.8, 4) is 0 Å². The van der Waals surface area contributed by atoms with E-state index in [9.17, 15) is 9.59 Å². The number of carbonyl (C=O) groups excluding carboxylic acids is 2. The molecule has 30 heavy (non-hydrogen) atoms. The number of hydrogen-bond donors (Lipinski definition) is 1. The van der Waals surface area contributed by atoms with E-state index in [4.69, 9.17) is 0 Å². The molecule has 2 atom stereocenters. The Morgan fingerprint density at radius 1 is 1.10 bits per heavy atom. The van der Waals surface area contributed by atoms with E-state index in [1.54, 1.807) is 0 Å². The lowest BCUT2D eigenvalue weighted by atomic mass is 9.91. The SMILES string of the molecule is CC(C)C[C@@H]1NCCN([C@@H](CC(C)C)C(=O)N2CCC(CCCN(C)C)CC2)C1=O. The van der Waals surface area contributed by atoms with Crippen molar-refractivity contribution in [2.75, 3.05) is 46.8 Å². The van der Waals surface area contributed by atoms with Crippen molar-refractivity contribution < 1.29 is 9.59 Å². The second-order valence-electron chi connectivity index (χ2n) is 10.5. The molecule has 2 rings (SSSR count). The summed E-state index contributed by atoms with van der Waals surface area (Å²) in [5.41, 5.74) is 0. The molecule has 0 aromatic heterocycles. The second-order valence-corrected chi connectivity index (χ2v) is 10.5. The van der Waals surface area contributed by atoms with E-state index in [-0.39, 0.29) is 23.9 Å². The van der Waals surface area contributed by atoms with E-state index in [0.717, 1.165) is 57.8 Å². The minimum absolute atomic E-state index is 0.118. The average molecular weight is 423 g/mol. The van der Waals surface area contributed by atoms with Crippen LogP contribution in [0.15, 0.2) is 0 Å². The number of hydrogen-bond acceptors (Lipinski definition) is 4. The van der Waals surface area contributed by atoms with Gasteiger partial charge in [0, 0.05) is 26.2 Å². The molecule has 0 aliphatic carbocycles. The lowest BCUT2D eigenvalue weighted by Crippen LogP contribution is -2.62. The Balaban J connectivity index is 1.98. The number of amides is 2. The Morgan fingerprint density at radius 3 is 2.33 bits per heavy atom. The molecule has 0 aromatic carbocycles. The third-order valence-electron chi connectivity index (χ3n) is 6.53. The molecule has 2 aliphatic rings. The van der Waals surface area contributed by atoms with Gasteiger partial charge in [0.2, 0.25) is 11.8 Å². The fraction of sp³-hybridized carbons (Fsp3) is 0.917. The maximum atomic E-state index is 13.5. The van der Waals surface area contributed by atoms with E-state index in [1.165, 1.54) is 12.8 Å². The summed E-state index contributed by atoms with van der Waals surface area (Å²) in [6, 6.07) is -0.455. The third-order valence-corrected chi connectivity index (χ3v) is 6.53. The molecule has 174 valence electrons. The molecule has 2 heterocycles. The standard InChI is InChI=1S/C24H46N4O2/c1-18(2)16-21-23(29)28(15-11-25-21)22(17-19(3)4)24(30)27-13-9-20(10-14-27)8-7-12-26(5)6/h18-22,25H,7-17H2,1-6H3/t21-,22-/m0/s1. The fourth-order valence-electron chi connectivity index (χ4n) is 4.88. The van der Waals surface area contributed by atoms with Gasteiger partial charge < -0.3 is 20.0 Å². The van der Waals surface area contributed by atoms with Gasteiger partial charge in [0.15, 0.2) is 0 Å². The molecule has 2 aliphatic heterocycles. The minimum atomic E-state index is -0.306. The highest BCUT2D eigenvalue weighted by atomic mass is 16.2.